The second-order valence-corrected chi connectivity index (χ2v) is 6.15. The van der Waals surface area contributed by atoms with Gasteiger partial charge in [0, 0.05) is 32.9 Å². The summed E-state index contributed by atoms with van der Waals surface area (Å²) in [5, 5.41) is 2.67. The maximum absolute atomic E-state index is 12.9. The SMILES string of the molecule is CCc1ccc(C(=O)N(CCOC)Cc2nc(C(=O)NCCOC)co2)cc1. The highest BCUT2D eigenvalue weighted by Crippen LogP contribution is 2.12. The van der Waals surface area contributed by atoms with Gasteiger partial charge in [-0.05, 0) is 24.1 Å². The molecule has 0 spiro atoms. The van der Waals surface area contributed by atoms with Crippen molar-refractivity contribution in [1.82, 2.24) is 15.2 Å². The Labute approximate surface area is 164 Å². The minimum absolute atomic E-state index is 0.142. The fourth-order valence-corrected chi connectivity index (χ4v) is 2.53. The molecule has 152 valence electrons. The van der Waals surface area contributed by atoms with E-state index in [4.69, 9.17) is 13.9 Å². The molecule has 0 bridgehead atoms. The van der Waals surface area contributed by atoms with Crippen LogP contribution in [0.3, 0.4) is 0 Å². The number of nitrogens with one attached hydrogen (secondary N) is 1. The predicted molar refractivity (Wildman–Crippen MR) is 103 cm³/mol. The quantitative estimate of drug-likeness (QED) is 0.590. The topological polar surface area (TPSA) is 93.9 Å². The van der Waals surface area contributed by atoms with Crippen LogP contribution in [0.4, 0.5) is 0 Å². The third kappa shape index (κ3) is 6.17. The van der Waals surface area contributed by atoms with Gasteiger partial charge in [-0.15, -0.1) is 0 Å². The zero-order valence-electron chi connectivity index (χ0n) is 16.6. The van der Waals surface area contributed by atoms with Crippen molar-refractivity contribution in [2.45, 2.75) is 19.9 Å². The molecule has 8 nitrogen and oxygen atoms in total. The van der Waals surface area contributed by atoms with Gasteiger partial charge in [-0.3, -0.25) is 9.59 Å². The molecule has 0 unspecified atom stereocenters. The molecule has 0 aliphatic carbocycles. The summed E-state index contributed by atoms with van der Waals surface area (Å²) in [4.78, 5) is 30.7. The van der Waals surface area contributed by atoms with Gasteiger partial charge in [0.15, 0.2) is 5.69 Å². The number of carbonyl (C=O) groups excluding carboxylic acids is 2. The first-order chi connectivity index (χ1) is 13.6. The first kappa shape index (κ1) is 21.6. The molecule has 1 aromatic carbocycles. The summed E-state index contributed by atoms with van der Waals surface area (Å²) in [5.74, 6) is -0.215. The third-order valence-corrected chi connectivity index (χ3v) is 4.16. The second-order valence-electron chi connectivity index (χ2n) is 6.15. The Morgan fingerprint density at radius 3 is 2.50 bits per heavy atom. The van der Waals surface area contributed by atoms with Crippen LogP contribution in [0.1, 0.15) is 39.2 Å². The summed E-state index contributed by atoms with van der Waals surface area (Å²) < 4.78 is 15.4. The van der Waals surface area contributed by atoms with E-state index in [0.29, 0.717) is 31.9 Å². The van der Waals surface area contributed by atoms with Crippen LogP contribution in [0.25, 0.3) is 0 Å². The zero-order valence-corrected chi connectivity index (χ0v) is 16.6. The largest absolute Gasteiger partial charge is 0.446 e. The van der Waals surface area contributed by atoms with Crippen molar-refractivity contribution in [3.8, 4) is 0 Å². The molecule has 1 N–H and O–H groups in total. The fourth-order valence-electron chi connectivity index (χ4n) is 2.53. The molecule has 1 heterocycles. The molecular weight excluding hydrogens is 362 g/mol. The molecular formula is C20H27N3O5. The molecule has 0 fully saturated rings. The summed E-state index contributed by atoms with van der Waals surface area (Å²) in [5.41, 5.74) is 1.91. The number of rotatable bonds is 11. The molecule has 0 atom stereocenters. The molecule has 1 aromatic heterocycles. The Kier molecular flexibility index (Phi) is 8.64. The number of hydrogen-bond acceptors (Lipinski definition) is 6. The van der Waals surface area contributed by atoms with E-state index in [2.05, 4.69) is 17.2 Å². The Bertz CT molecular complexity index is 757. The van der Waals surface area contributed by atoms with Gasteiger partial charge in [-0.1, -0.05) is 19.1 Å². The number of hydrogen-bond donors (Lipinski definition) is 1. The summed E-state index contributed by atoms with van der Waals surface area (Å²) >= 11 is 0. The van der Waals surface area contributed by atoms with Crippen molar-refractivity contribution in [2.24, 2.45) is 0 Å². The number of benzene rings is 1. The number of ether oxygens (including phenoxy) is 2. The lowest BCUT2D eigenvalue weighted by atomic mass is 10.1. The number of aryl methyl sites for hydroxylation is 1. The van der Waals surface area contributed by atoms with E-state index in [1.54, 1.807) is 19.1 Å². The number of aromatic nitrogens is 1. The maximum atomic E-state index is 12.9. The standard InChI is InChI=1S/C20H27N3O5/c1-4-15-5-7-16(8-6-15)20(25)23(10-12-27-3)13-18-22-17(14-28-18)19(24)21-9-11-26-2/h5-8,14H,4,9-13H2,1-3H3,(H,21,24). The average molecular weight is 389 g/mol. The summed E-state index contributed by atoms with van der Waals surface area (Å²) in [6, 6.07) is 7.50. The van der Waals surface area contributed by atoms with Gasteiger partial charge in [0.05, 0.1) is 19.8 Å². The number of methoxy groups -OCH3 is 2. The van der Waals surface area contributed by atoms with Crippen LogP contribution in [0.15, 0.2) is 34.9 Å². The van der Waals surface area contributed by atoms with Gasteiger partial charge in [0.25, 0.3) is 11.8 Å². The monoisotopic (exact) mass is 389 g/mol. The van der Waals surface area contributed by atoms with Gasteiger partial charge in [-0.25, -0.2) is 4.98 Å². The molecule has 0 saturated heterocycles. The van der Waals surface area contributed by atoms with Crippen LogP contribution in [0.5, 0.6) is 0 Å². The van der Waals surface area contributed by atoms with Crippen molar-refractivity contribution in [2.75, 3.05) is 40.5 Å². The normalized spacial score (nSPS) is 10.7. The van der Waals surface area contributed by atoms with Crippen LogP contribution in [-0.4, -0.2) is 62.2 Å². The van der Waals surface area contributed by atoms with E-state index < -0.39 is 0 Å². The summed E-state index contributed by atoms with van der Waals surface area (Å²) in [6.45, 7) is 3.75. The van der Waals surface area contributed by atoms with Crippen molar-refractivity contribution in [3.63, 3.8) is 0 Å². The molecule has 28 heavy (non-hydrogen) atoms. The van der Waals surface area contributed by atoms with Crippen LogP contribution >= 0.6 is 0 Å². The summed E-state index contributed by atoms with van der Waals surface area (Å²) in [7, 11) is 3.13. The number of nitrogens with zero attached hydrogens (tertiary/aromatic N) is 2. The maximum Gasteiger partial charge on any atom is 0.273 e. The van der Waals surface area contributed by atoms with E-state index in [-0.39, 0.29) is 29.9 Å². The Hall–Kier alpha value is -2.71. The van der Waals surface area contributed by atoms with E-state index in [1.165, 1.54) is 6.26 Å². The number of amides is 2. The molecule has 0 radical (unpaired) electrons. The van der Waals surface area contributed by atoms with Crippen LogP contribution in [0.2, 0.25) is 0 Å². The second kappa shape index (κ2) is 11.2. The average Bonchev–Trinajstić information content (AvgIpc) is 3.19. The van der Waals surface area contributed by atoms with E-state index in [1.807, 2.05) is 24.3 Å². The van der Waals surface area contributed by atoms with Crippen LogP contribution < -0.4 is 5.32 Å². The van der Waals surface area contributed by atoms with Gasteiger partial charge in [0.1, 0.15) is 6.26 Å². The van der Waals surface area contributed by atoms with E-state index in [0.717, 1.165) is 12.0 Å². The fraction of sp³-hybridized carbons (Fsp3) is 0.450. The first-order valence-electron chi connectivity index (χ1n) is 9.17. The lowest BCUT2D eigenvalue weighted by Crippen LogP contribution is -2.33. The Morgan fingerprint density at radius 2 is 1.86 bits per heavy atom. The molecule has 0 saturated carbocycles. The third-order valence-electron chi connectivity index (χ3n) is 4.16. The minimum atomic E-state index is -0.350. The van der Waals surface area contributed by atoms with E-state index >= 15 is 0 Å². The van der Waals surface area contributed by atoms with Crippen LogP contribution in [-0.2, 0) is 22.4 Å². The molecule has 0 aliphatic heterocycles. The van der Waals surface area contributed by atoms with Gasteiger partial charge < -0.3 is 24.1 Å². The zero-order chi connectivity index (χ0) is 20.4. The molecule has 2 rings (SSSR count). The minimum Gasteiger partial charge on any atom is -0.446 e. The molecule has 8 heteroatoms. The Balaban J connectivity index is 2.06. The lowest BCUT2D eigenvalue weighted by Gasteiger charge is -2.21. The van der Waals surface area contributed by atoms with Crippen molar-refractivity contribution in [1.29, 1.82) is 0 Å². The lowest BCUT2D eigenvalue weighted by molar-refractivity contribution is 0.0663. The summed E-state index contributed by atoms with van der Waals surface area (Å²) in [6.07, 6.45) is 2.19. The molecule has 0 aliphatic rings. The Morgan fingerprint density at radius 1 is 1.14 bits per heavy atom. The predicted octanol–water partition coefficient (Wildman–Crippen LogP) is 1.90. The van der Waals surface area contributed by atoms with Crippen molar-refractivity contribution in [3.05, 3.63) is 53.2 Å². The molecule has 2 amide bonds. The van der Waals surface area contributed by atoms with Gasteiger partial charge in [0.2, 0.25) is 5.89 Å². The highest BCUT2D eigenvalue weighted by atomic mass is 16.5. The van der Waals surface area contributed by atoms with Crippen LogP contribution in [0, 0.1) is 0 Å². The first-order valence-corrected chi connectivity index (χ1v) is 9.17. The van der Waals surface area contributed by atoms with E-state index in [9.17, 15) is 9.59 Å². The highest BCUT2D eigenvalue weighted by molar-refractivity contribution is 5.94. The van der Waals surface area contributed by atoms with Crippen molar-refractivity contribution >= 4 is 11.8 Å². The van der Waals surface area contributed by atoms with Crippen molar-refractivity contribution < 1.29 is 23.5 Å². The smallest absolute Gasteiger partial charge is 0.273 e. The van der Waals surface area contributed by atoms with Gasteiger partial charge >= 0.3 is 0 Å². The molecule has 2 aromatic rings. The number of oxazole rings is 1. The highest BCUT2D eigenvalue weighted by Gasteiger charge is 2.20. The van der Waals surface area contributed by atoms with Gasteiger partial charge in [-0.2, -0.15) is 0 Å². The number of carbonyl (C=O) groups is 2.